The highest BCUT2D eigenvalue weighted by Gasteiger charge is 2.26. The number of halogens is 2. The van der Waals surface area contributed by atoms with Crippen molar-refractivity contribution in [3.8, 4) is 5.75 Å². The lowest BCUT2D eigenvalue weighted by Crippen LogP contribution is -2.42. The molecule has 1 fully saturated rings. The molecule has 0 aromatic heterocycles. The number of hydrogen-bond donors (Lipinski definition) is 0. The molecule has 2 rings (SSSR count). The summed E-state index contributed by atoms with van der Waals surface area (Å²) < 4.78 is 23.7. The predicted molar refractivity (Wildman–Crippen MR) is 82.9 cm³/mol. The van der Waals surface area contributed by atoms with Crippen molar-refractivity contribution in [2.45, 2.75) is 32.3 Å². The molecule has 7 heteroatoms. The molecule has 1 aromatic rings. The summed E-state index contributed by atoms with van der Waals surface area (Å²) in [6, 6.07) is 3.97. The zero-order valence-electron chi connectivity index (χ0n) is 12.9. The minimum Gasteiger partial charge on any atom is -0.489 e. The number of amides is 1. The highest BCUT2D eigenvalue weighted by molar-refractivity contribution is 6.32. The molecule has 0 N–H and O–H groups in total. The first kappa shape index (κ1) is 17.5. The van der Waals surface area contributed by atoms with Gasteiger partial charge >= 0.3 is 5.97 Å². The molecular weight excluding hydrogens is 325 g/mol. The van der Waals surface area contributed by atoms with E-state index in [9.17, 15) is 14.0 Å². The summed E-state index contributed by atoms with van der Waals surface area (Å²) in [4.78, 5) is 24.9. The number of carbonyl (C=O) groups is 2. The van der Waals surface area contributed by atoms with Gasteiger partial charge in [0, 0.05) is 32.0 Å². The van der Waals surface area contributed by atoms with Crippen molar-refractivity contribution in [1.29, 1.82) is 0 Å². The van der Waals surface area contributed by atoms with E-state index >= 15 is 0 Å². The van der Waals surface area contributed by atoms with Crippen molar-refractivity contribution in [3.63, 3.8) is 0 Å². The van der Waals surface area contributed by atoms with Crippen LogP contribution in [0.4, 0.5) is 4.39 Å². The molecule has 0 saturated carbocycles. The summed E-state index contributed by atoms with van der Waals surface area (Å²) in [7, 11) is 0. The third kappa shape index (κ3) is 5.10. The number of likely N-dealkylation sites (tertiary alicyclic amines) is 1. The lowest BCUT2D eigenvalue weighted by molar-refractivity contribution is -0.149. The zero-order chi connectivity index (χ0) is 16.8. The first-order valence-electron chi connectivity index (χ1n) is 7.54. The van der Waals surface area contributed by atoms with Crippen LogP contribution in [-0.4, -0.2) is 42.6 Å². The maximum absolute atomic E-state index is 13.2. The van der Waals surface area contributed by atoms with Gasteiger partial charge in [0.15, 0.2) is 0 Å². The van der Waals surface area contributed by atoms with E-state index in [0.717, 1.165) is 0 Å². The largest absolute Gasteiger partial charge is 0.489 e. The number of piperidine rings is 1. The molecule has 1 amide bonds. The predicted octanol–water partition coefficient (Wildman–Crippen LogP) is 2.80. The Hall–Kier alpha value is -1.82. The van der Waals surface area contributed by atoms with Crippen LogP contribution in [0.15, 0.2) is 18.2 Å². The van der Waals surface area contributed by atoms with E-state index in [2.05, 4.69) is 0 Å². The van der Waals surface area contributed by atoms with Crippen molar-refractivity contribution in [3.05, 3.63) is 29.0 Å². The summed E-state index contributed by atoms with van der Waals surface area (Å²) in [5, 5.41) is 0.354. The van der Waals surface area contributed by atoms with Crippen LogP contribution >= 0.6 is 11.6 Å². The van der Waals surface area contributed by atoms with Gasteiger partial charge in [0.2, 0.25) is 5.91 Å². The smallest absolute Gasteiger partial charge is 0.315 e. The van der Waals surface area contributed by atoms with Crippen LogP contribution in [-0.2, 0) is 14.3 Å². The Balaban J connectivity index is 1.83. The van der Waals surface area contributed by atoms with Crippen molar-refractivity contribution in [2.24, 2.45) is 0 Å². The third-order valence-corrected chi connectivity index (χ3v) is 3.89. The molecule has 0 atom stereocenters. The second kappa shape index (κ2) is 8.15. The van der Waals surface area contributed by atoms with Crippen LogP contribution < -0.4 is 4.74 Å². The Kier molecular flexibility index (Phi) is 6.21. The fourth-order valence-electron chi connectivity index (χ4n) is 2.42. The maximum Gasteiger partial charge on any atom is 0.315 e. The summed E-state index contributed by atoms with van der Waals surface area (Å²) >= 11 is 5.97. The topological polar surface area (TPSA) is 55.8 Å². The second-order valence-electron chi connectivity index (χ2n) is 5.25. The van der Waals surface area contributed by atoms with Crippen molar-refractivity contribution in [2.75, 3.05) is 19.7 Å². The number of ether oxygens (including phenoxy) is 2. The highest BCUT2D eigenvalue weighted by Crippen LogP contribution is 2.28. The minimum absolute atomic E-state index is 0.138. The van der Waals surface area contributed by atoms with E-state index in [0.29, 0.717) is 36.7 Å². The molecule has 1 aliphatic rings. The normalized spacial score (nSPS) is 15.3. The van der Waals surface area contributed by atoms with Gasteiger partial charge in [-0.05, 0) is 19.1 Å². The lowest BCUT2D eigenvalue weighted by Gasteiger charge is -2.32. The third-order valence-electron chi connectivity index (χ3n) is 3.58. The van der Waals surface area contributed by atoms with E-state index in [-0.39, 0.29) is 25.0 Å². The molecular formula is C16H19ClFNO4. The van der Waals surface area contributed by atoms with Gasteiger partial charge in [0.1, 0.15) is 24.1 Å². The number of benzene rings is 1. The number of rotatable bonds is 5. The fourth-order valence-corrected chi connectivity index (χ4v) is 2.58. The summed E-state index contributed by atoms with van der Waals surface area (Å²) in [5.41, 5.74) is 0. The van der Waals surface area contributed by atoms with Gasteiger partial charge in [0.25, 0.3) is 0 Å². The first-order valence-corrected chi connectivity index (χ1v) is 7.92. The molecule has 1 saturated heterocycles. The zero-order valence-corrected chi connectivity index (χ0v) is 13.6. The Morgan fingerprint density at radius 3 is 2.70 bits per heavy atom. The van der Waals surface area contributed by atoms with Crippen LogP contribution in [0.3, 0.4) is 0 Å². The van der Waals surface area contributed by atoms with Gasteiger partial charge in [-0.2, -0.15) is 0 Å². The van der Waals surface area contributed by atoms with Gasteiger partial charge in [0.05, 0.1) is 11.6 Å². The quantitative estimate of drug-likeness (QED) is 0.609. The molecule has 126 valence electrons. The molecule has 0 bridgehead atoms. The SMILES string of the molecule is CCOC(=O)CC(=O)N1CCC(Oc2cc(F)ccc2Cl)CC1. The molecule has 0 aliphatic carbocycles. The fraction of sp³-hybridized carbons (Fsp3) is 0.500. The second-order valence-corrected chi connectivity index (χ2v) is 5.66. The average molecular weight is 344 g/mol. The number of hydrogen-bond acceptors (Lipinski definition) is 4. The van der Waals surface area contributed by atoms with Gasteiger partial charge in [-0.25, -0.2) is 4.39 Å². The molecule has 0 spiro atoms. The first-order chi connectivity index (χ1) is 11.0. The summed E-state index contributed by atoms with van der Waals surface area (Å²) in [6.07, 6.45) is 0.818. The maximum atomic E-state index is 13.2. The Morgan fingerprint density at radius 1 is 1.35 bits per heavy atom. The molecule has 1 heterocycles. The molecule has 1 aromatic carbocycles. The van der Waals surface area contributed by atoms with Gasteiger partial charge in [-0.3, -0.25) is 9.59 Å². The van der Waals surface area contributed by atoms with Crippen molar-refractivity contribution in [1.82, 2.24) is 4.90 Å². The minimum atomic E-state index is -0.512. The van der Waals surface area contributed by atoms with Crippen molar-refractivity contribution < 1.29 is 23.5 Å². The van der Waals surface area contributed by atoms with Crippen LogP contribution in [0.25, 0.3) is 0 Å². The Morgan fingerprint density at radius 2 is 2.04 bits per heavy atom. The molecule has 1 aliphatic heterocycles. The summed E-state index contributed by atoms with van der Waals surface area (Å²) in [5.74, 6) is -0.859. The molecule has 0 radical (unpaired) electrons. The number of carbonyl (C=O) groups excluding carboxylic acids is 2. The standard InChI is InChI=1S/C16H19ClFNO4/c1-2-22-16(21)10-15(20)19-7-5-12(6-8-19)23-14-9-11(18)3-4-13(14)17/h3-4,9,12H,2,5-8,10H2,1H3. The van der Waals surface area contributed by atoms with E-state index in [1.54, 1.807) is 11.8 Å². The number of esters is 1. The molecule has 23 heavy (non-hydrogen) atoms. The summed E-state index contributed by atoms with van der Waals surface area (Å²) in [6.45, 7) is 2.92. The van der Waals surface area contributed by atoms with Crippen LogP contribution in [0.2, 0.25) is 5.02 Å². The Labute approximate surface area is 139 Å². The van der Waals surface area contributed by atoms with Crippen molar-refractivity contribution >= 4 is 23.5 Å². The van der Waals surface area contributed by atoms with E-state index in [1.807, 2.05) is 0 Å². The van der Waals surface area contributed by atoms with Gasteiger partial charge in [-0.1, -0.05) is 11.6 Å². The van der Waals surface area contributed by atoms with Crippen LogP contribution in [0.5, 0.6) is 5.75 Å². The monoisotopic (exact) mass is 343 g/mol. The average Bonchev–Trinajstić information content (AvgIpc) is 2.52. The van der Waals surface area contributed by atoms with Crippen LogP contribution in [0, 0.1) is 5.82 Å². The van der Waals surface area contributed by atoms with Gasteiger partial charge in [-0.15, -0.1) is 0 Å². The lowest BCUT2D eigenvalue weighted by atomic mass is 10.1. The van der Waals surface area contributed by atoms with E-state index < -0.39 is 11.8 Å². The van der Waals surface area contributed by atoms with Gasteiger partial charge < -0.3 is 14.4 Å². The molecule has 5 nitrogen and oxygen atoms in total. The van der Waals surface area contributed by atoms with Crippen LogP contribution in [0.1, 0.15) is 26.2 Å². The highest BCUT2D eigenvalue weighted by atomic mass is 35.5. The number of nitrogens with zero attached hydrogens (tertiary/aromatic N) is 1. The van der Waals surface area contributed by atoms with E-state index in [1.165, 1.54) is 18.2 Å². The van der Waals surface area contributed by atoms with E-state index in [4.69, 9.17) is 21.1 Å². The Bertz CT molecular complexity index is 573. The molecule has 0 unspecified atom stereocenters.